The third kappa shape index (κ3) is 3.95. The van der Waals surface area contributed by atoms with Crippen LogP contribution in [0.3, 0.4) is 0 Å². The number of halogens is 2. The van der Waals surface area contributed by atoms with Crippen LogP contribution in [0.15, 0.2) is 72.6 Å². The van der Waals surface area contributed by atoms with Gasteiger partial charge >= 0.3 is 0 Å². The molecule has 38 heavy (non-hydrogen) atoms. The van der Waals surface area contributed by atoms with Crippen molar-refractivity contribution in [2.45, 2.75) is 19.0 Å². The molecule has 3 amide bonds. The van der Waals surface area contributed by atoms with Gasteiger partial charge in [0, 0.05) is 24.7 Å². The van der Waals surface area contributed by atoms with Crippen LogP contribution in [0, 0.1) is 5.82 Å². The molecular formula is C29H24F2N4O3. The normalized spacial score (nSPS) is 17.6. The molecule has 3 aliphatic heterocycles. The largest absolute Gasteiger partial charge is 0.329 e. The number of carbonyl (C=O) groups is 3. The van der Waals surface area contributed by atoms with Crippen molar-refractivity contribution in [3.8, 4) is 0 Å². The molecule has 0 saturated carbocycles. The van der Waals surface area contributed by atoms with Crippen molar-refractivity contribution in [1.82, 2.24) is 20.2 Å². The van der Waals surface area contributed by atoms with Gasteiger partial charge in [-0.05, 0) is 53.9 Å². The summed E-state index contributed by atoms with van der Waals surface area (Å²) in [6.45, 7) is 0.281. The van der Waals surface area contributed by atoms with E-state index in [2.05, 4.69) is 5.43 Å². The first-order chi connectivity index (χ1) is 18.3. The smallest absolute Gasteiger partial charge is 0.261 e. The maximum atomic E-state index is 14.4. The summed E-state index contributed by atoms with van der Waals surface area (Å²) in [4.78, 5) is 42.6. The zero-order valence-electron chi connectivity index (χ0n) is 20.6. The van der Waals surface area contributed by atoms with Crippen LogP contribution in [-0.4, -0.2) is 58.7 Å². The van der Waals surface area contributed by atoms with Crippen molar-refractivity contribution in [2.24, 2.45) is 0 Å². The number of hydrogen-bond donors (Lipinski definition) is 1. The Kier molecular flexibility index (Phi) is 5.80. The van der Waals surface area contributed by atoms with Crippen molar-refractivity contribution < 1.29 is 23.2 Å². The van der Waals surface area contributed by atoms with Crippen molar-refractivity contribution >= 4 is 23.4 Å². The van der Waals surface area contributed by atoms with Crippen LogP contribution < -0.4 is 5.43 Å². The standard InChI is InChI=1S/C29H24F2N4O3/c1-33-26(25(31)14-32-33)18-9-10-22-19(13-18)15-34(27(22)36)21(12-17-5-4-6-20(30)11-17)16-35-28(37)23-7-2-3-8-24(23)29(35)38/h2-11,13,21,32H,12,14-16H2,1H3/t21-/m0/s1. The van der Waals surface area contributed by atoms with E-state index >= 15 is 0 Å². The van der Waals surface area contributed by atoms with E-state index in [1.54, 1.807) is 71.6 Å². The molecule has 0 saturated heterocycles. The maximum absolute atomic E-state index is 14.4. The minimum absolute atomic E-state index is 0.0398. The molecule has 0 unspecified atom stereocenters. The summed E-state index contributed by atoms with van der Waals surface area (Å²) in [6.07, 6.45) is 0.240. The molecule has 9 heteroatoms. The average Bonchev–Trinajstić information content (AvgIpc) is 3.50. The number of hydrazine groups is 1. The molecule has 3 aromatic carbocycles. The second kappa shape index (κ2) is 9.18. The van der Waals surface area contributed by atoms with Gasteiger partial charge in [0.15, 0.2) is 0 Å². The maximum Gasteiger partial charge on any atom is 0.261 e. The summed E-state index contributed by atoms with van der Waals surface area (Å²) in [5.74, 6) is -1.78. The number of amides is 3. The number of carbonyl (C=O) groups excluding carboxylic acids is 3. The van der Waals surface area contributed by atoms with Crippen molar-refractivity contribution in [3.05, 3.63) is 112 Å². The highest BCUT2D eigenvalue weighted by Gasteiger charge is 2.40. The monoisotopic (exact) mass is 514 g/mol. The van der Waals surface area contributed by atoms with Gasteiger partial charge in [-0.2, -0.15) is 0 Å². The van der Waals surface area contributed by atoms with Crippen molar-refractivity contribution in [3.63, 3.8) is 0 Å². The lowest BCUT2D eigenvalue weighted by atomic mass is 10.0. The molecule has 0 spiro atoms. The zero-order valence-corrected chi connectivity index (χ0v) is 20.6. The predicted molar refractivity (Wildman–Crippen MR) is 136 cm³/mol. The fourth-order valence-electron chi connectivity index (χ4n) is 5.49. The molecule has 3 heterocycles. The van der Waals surface area contributed by atoms with Crippen molar-refractivity contribution in [2.75, 3.05) is 20.1 Å². The van der Waals surface area contributed by atoms with Gasteiger partial charge in [0.1, 0.15) is 11.6 Å². The fourth-order valence-corrected chi connectivity index (χ4v) is 5.49. The highest BCUT2D eigenvalue weighted by molar-refractivity contribution is 6.21. The topological polar surface area (TPSA) is 73.0 Å². The molecule has 3 aliphatic rings. The van der Waals surface area contributed by atoms with Gasteiger partial charge in [-0.1, -0.05) is 30.3 Å². The first kappa shape index (κ1) is 24.0. The van der Waals surface area contributed by atoms with E-state index in [-0.39, 0.29) is 37.8 Å². The molecule has 6 rings (SSSR count). The van der Waals surface area contributed by atoms with Crippen LogP contribution in [0.25, 0.3) is 5.70 Å². The highest BCUT2D eigenvalue weighted by Crippen LogP contribution is 2.33. The van der Waals surface area contributed by atoms with Crippen LogP contribution in [-0.2, 0) is 13.0 Å². The van der Waals surface area contributed by atoms with Gasteiger partial charge in [0.25, 0.3) is 17.7 Å². The number of fused-ring (bicyclic) bond motifs is 2. The summed E-state index contributed by atoms with van der Waals surface area (Å²) in [5, 5.41) is 1.61. The lowest BCUT2D eigenvalue weighted by Crippen LogP contribution is -2.47. The molecule has 0 aliphatic carbocycles. The molecule has 0 aromatic heterocycles. The van der Waals surface area contributed by atoms with E-state index in [0.717, 1.165) is 10.5 Å². The Balaban J connectivity index is 1.33. The third-order valence-electron chi connectivity index (χ3n) is 7.35. The Morgan fingerprint density at radius 3 is 2.26 bits per heavy atom. The van der Waals surface area contributed by atoms with E-state index in [1.807, 2.05) is 0 Å². The lowest BCUT2D eigenvalue weighted by Gasteiger charge is -2.31. The van der Waals surface area contributed by atoms with E-state index in [0.29, 0.717) is 33.5 Å². The lowest BCUT2D eigenvalue weighted by molar-refractivity contribution is 0.0528. The molecule has 1 N–H and O–H groups in total. The van der Waals surface area contributed by atoms with E-state index < -0.39 is 23.7 Å². The molecule has 0 fully saturated rings. The first-order valence-corrected chi connectivity index (χ1v) is 12.3. The van der Waals surface area contributed by atoms with Crippen LogP contribution in [0.5, 0.6) is 0 Å². The third-order valence-corrected chi connectivity index (χ3v) is 7.35. The van der Waals surface area contributed by atoms with Gasteiger partial charge in [-0.3, -0.25) is 19.3 Å². The van der Waals surface area contributed by atoms with Crippen LogP contribution in [0.4, 0.5) is 8.78 Å². The Morgan fingerprint density at radius 2 is 1.61 bits per heavy atom. The van der Waals surface area contributed by atoms with Crippen LogP contribution in [0.2, 0.25) is 0 Å². The van der Waals surface area contributed by atoms with Gasteiger partial charge in [0.2, 0.25) is 0 Å². The van der Waals surface area contributed by atoms with E-state index in [9.17, 15) is 23.2 Å². The van der Waals surface area contributed by atoms with Gasteiger partial charge in [0.05, 0.1) is 36.0 Å². The Labute approximate surface area is 217 Å². The minimum atomic E-state index is -0.603. The quantitative estimate of drug-likeness (QED) is 0.507. The van der Waals surface area contributed by atoms with Crippen molar-refractivity contribution in [1.29, 1.82) is 0 Å². The summed E-state index contributed by atoms with van der Waals surface area (Å²) in [7, 11) is 1.73. The number of imide groups is 1. The Morgan fingerprint density at radius 1 is 0.868 bits per heavy atom. The summed E-state index contributed by atoms with van der Waals surface area (Å²) < 4.78 is 28.5. The molecule has 7 nitrogen and oxygen atoms in total. The number of nitrogens with one attached hydrogen (secondary N) is 1. The molecule has 192 valence electrons. The minimum Gasteiger partial charge on any atom is -0.329 e. The summed E-state index contributed by atoms with van der Waals surface area (Å²) in [6, 6.07) is 17.3. The van der Waals surface area contributed by atoms with E-state index in [4.69, 9.17) is 0 Å². The van der Waals surface area contributed by atoms with Gasteiger partial charge < -0.3 is 9.91 Å². The average molecular weight is 515 g/mol. The molecular weight excluding hydrogens is 490 g/mol. The summed E-state index contributed by atoms with van der Waals surface area (Å²) >= 11 is 0. The molecule has 0 radical (unpaired) electrons. The SMILES string of the molecule is CN1NCC(F)=C1c1ccc2c(c1)CN([C@@H](Cc1cccc(F)c1)CN1C(=O)c3ccccc3C1=O)C2=O. The number of benzene rings is 3. The van der Waals surface area contributed by atoms with Gasteiger partial charge in [-0.25, -0.2) is 14.2 Å². The molecule has 0 bridgehead atoms. The second-order valence-corrected chi connectivity index (χ2v) is 9.71. The Bertz CT molecular complexity index is 1500. The van der Waals surface area contributed by atoms with Crippen LogP contribution in [0.1, 0.15) is 47.8 Å². The number of nitrogens with zero attached hydrogens (tertiary/aromatic N) is 3. The van der Waals surface area contributed by atoms with Crippen LogP contribution >= 0.6 is 0 Å². The second-order valence-electron chi connectivity index (χ2n) is 9.71. The Hall–Kier alpha value is -4.37. The zero-order chi connectivity index (χ0) is 26.6. The van der Waals surface area contributed by atoms with E-state index in [1.165, 1.54) is 12.1 Å². The summed E-state index contributed by atoms with van der Waals surface area (Å²) in [5.41, 5.74) is 6.47. The fraction of sp³-hybridized carbons (Fsp3) is 0.207. The number of rotatable bonds is 6. The number of hydrogen-bond acceptors (Lipinski definition) is 5. The molecule has 3 aromatic rings. The molecule has 1 atom stereocenters. The highest BCUT2D eigenvalue weighted by atomic mass is 19.1. The predicted octanol–water partition coefficient (Wildman–Crippen LogP) is 3.78. The van der Waals surface area contributed by atoms with Gasteiger partial charge in [-0.15, -0.1) is 0 Å². The first-order valence-electron chi connectivity index (χ1n) is 12.3.